The first-order chi connectivity index (χ1) is 15.3. The fourth-order valence-corrected chi connectivity index (χ4v) is 5.18. The van der Waals surface area contributed by atoms with E-state index in [1.54, 1.807) is 17.0 Å². The van der Waals surface area contributed by atoms with E-state index in [0.29, 0.717) is 52.7 Å². The molecule has 2 aromatic carbocycles. The molecule has 0 aliphatic carbocycles. The van der Waals surface area contributed by atoms with Gasteiger partial charge in [-0.1, -0.05) is 18.2 Å². The summed E-state index contributed by atoms with van der Waals surface area (Å²) in [5.41, 5.74) is 8.74. The fraction of sp³-hybridized carbons (Fsp3) is 0.261. The van der Waals surface area contributed by atoms with Gasteiger partial charge >= 0.3 is 6.03 Å². The average molecular weight is 562 g/mol. The number of carbonyl (C=O) groups is 3. The second-order valence-electron chi connectivity index (χ2n) is 7.82. The van der Waals surface area contributed by atoms with Gasteiger partial charge in [0.1, 0.15) is 0 Å². The van der Waals surface area contributed by atoms with E-state index >= 15 is 0 Å². The maximum absolute atomic E-state index is 12.6. The van der Waals surface area contributed by atoms with E-state index in [4.69, 9.17) is 5.73 Å². The van der Waals surface area contributed by atoms with Gasteiger partial charge in [-0.25, -0.2) is 4.79 Å². The van der Waals surface area contributed by atoms with Gasteiger partial charge in [-0.3, -0.25) is 9.59 Å². The summed E-state index contributed by atoms with van der Waals surface area (Å²) in [7, 11) is 0. The summed E-state index contributed by atoms with van der Waals surface area (Å²) in [4.78, 5) is 41.1. The number of likely N-dealkylation sites (tertiary alicyclic amines) is 1. The third kappa shape index (κ3) is 4.73. The highest BCUT2D eigenvalue weighted by Gasteiger charge is 2.32. The van der Waals surface area contributed by atoms with Crippen LogP contribution in [0, 0.1) is 0 Å². The van der Waals surface area contributed by atoms with Crippen molar-refractivity contribution in [1.82, 2.24) is 9.80 Å². The summed E-state index contributed by atoms with van der Waals surface area (Å²) >= 11 is 6.64. The Morgan fingerprint density at radius 3 is 2.41 bits per heavy atom. The number of nitrogens with one attached hydrogen (secondary N) is 1. The number of nitrogens with zero attached hydrogens (tertiary/aromatic N) is 2. The van der Waals surface area contributed by atoms with Crippen LogP contribution in [0.4, 0.5) is 16.2 Å². The minimum absolute atomic E-state index is 0.0718. The molecule has 1 fully saturated rings. The normalized spacial score (nSPS) is 16.8. The molecule has 2 aromatic rings. The molecular formula is C23H22Br2N4O3. The van der Waals surface area contributed by atoms with Crippen LogP contribution < -0.4 is 11.1 Å². The molecule has 9 heteroatoms. The summed E-state index contributed by atoms with van der Waals surface area (Å²) in [5.74, 6) is -0.489. The predicted octanol–water partition coefficient (Wildman–Crippen LogP) is 4.57. The number of benzene rings is 2. The Morgan fingerprint density at radius 2 is 1.72 bits per heavy atom. The number of halogens is 2. The Hall–Kier alpha value is -2.65. The van der Waals surface area contributed by atoms with Gasteiger partial charge in [-0.15, -0.1) is 0 Å². The lowest BCUT2D eigenvalue weighted by Gasteiger charge is -2.40. The summed E-state index contributed by atoms with van der Waals surface area (Å²) < 4.78 is 1.22. The van der Waals surface area contributed by atoms with Gasteiger partial charge in [-0.2, -0.15) is 0 Å². The second kappa shape index (κ2) is 9.46. The Morgan fingerprint density at radius 1 is 1.06 bits per heavy atom. The summed E-state index contributed by atoms with van der Waals surface area (Å²) in [6, 6.07) is 11.0. The third-order valence-corrected chi connectivity index (χ3v) is 7.13. The lowest BCUT2D eigenvalue weighted by molar-refractivity contribution is -0.127. The molecule has 2 heterocycles. The van der Waals surface area contributed by atoms with Crippen molar-refractivity contribution in [3.63, 3.8) is 0 Å². The minimum Gasteiger partial charge on any atom is -0.397 e. The highest BCUT2D eigenvalue weighted by Crippen LogP contribution is 2.30. The van der Waals surface area contributed by atoms with Crippen molar-refractivity contribution in [3.8, 4) is 0 Å². The Balaban J connectivity index is 1.34. The van der Waals surface area contributed by atoms with Crippen molar-refractivity contribution >= 4 is 61.0 Å². The van der Waals surface area contributed by atoms with E-state index in [1.807, 2.05) is 29.2 Å². The van der Waals surface area contributed by atoms with Crippen molar-refractivity contribution < 1.29 is 14.4 Å². The van der Waals surface area contributed by atoms with Crippen LogP contribution in [0.2, 0.25) is 0 Å². The zero-order chi connectivity index (χ0) is 22.8. The van der Waals surface area contributed by atoms with Crippen molar-refractivity contribution in [3.05, 3.63) is 68.6 Å². The van der Waals surface area contributed by atoms with Crippen LogP contribution in [-0.2, 0) is 11.3 Å². The molecule has 0 aromatic heterocycles. The van der Waals surface area contributed by atoms with Crippen molar-refractivity contribution in [2.75, 3.05) is 24.1 Å². The van der Waals surface area contributed by atoms with E-state index in [0.717, 1.165) is 11.3 Å². The number of para-hydroxylation sites is 1. The average Bonchev–Trinajstić information content (AvgIpc) is 2.80. The second-order valence-corrected chi connectivity index (χ2v) is 9.53. The number of hydrogen-bond acceptors (Lipinski definition) is 4. The third-order valence-electron chi connectivity index (χ3n) is 5.82. The van der Waals surface area contributed by atoms with Gasteiger partial charge in [0, 0.05) is 51.9 Å². The molecule has 4 rings (SSSR count). The number of piperidine rings is 1. The molecule has 166 valence electrons. The number of amides is 3. The zero-order valence-corrected chi connectivity index (χ0v) is 20.4. The van der Waals surface area contributed by atoms with Crippen molar-refractivity contribution in [1.29, 1.82) is 0 Å². The van der Waals surface area contributed by atoms with Crippen molar-refractivity contribution in [2.24, 2.45) is 0 Å². The molecule has 7 nitrogen and oxygen atoms in total. The SMILES string of the molecule is Nc1c(Br)cc(C(=O)/C=C/C(=O)N2CCC(N3Cc4ccccc4NC3=O)CC2)cc1Br. The molecule has 3 amide bonds. The maximum Gasteiger partial charge on any atom is 0.322 e. The number of nitrogen functional groups attached to an aromatic ring is 1. The number of nitrogens with two attached hydrogens (primary N) is 1. The number of rotatable bonds is 4. The molecule has 0 spiro atoms. The van der Waals surface area contributed by atoms with Crippen molar-refractivity contribution in [2.45, 2.75) is 25.4 Å². The Kier molecular flexibility index (Phi) is 6.66. The molecule has 0 bridgehead atoms. The molecule has 3 N–H and O–H groups in total. The van der Waals surface area contributed by atoms with Gasteiger partial charge < -0.3 is 20.9 Å². The lowest BCUT2D eigenvalue weighted by Crippen LogP contribution is -2.50. The van der Waals surface area contributed by atoms with E-state index in [-0.39, 0.29) is 23.8 Å². The smallest absolute Gasteiger partial charge is 0.322 e. The number of urea groups is 1. The van der Waals surface area contributed by atoms with Gasteiger partial charge in [0.2, 0.25) is 5.91 Å². The molecule has 2 aliphatic rings. The number of fused-ring (bicyclic) bond motifs is 1. The fourth-order valence-electron chi connectivity index (χ4n) is 3.99. The molecule has 0 saturated carbocycles. The van der Waals surface area contributed by atoms with E-state index < -0.39 is 0 Å². The minimum atomic E-state index is -0.279. The van der Waals surface area contributed by atoms with E-state index in [9.17, 15) is 14.4 Å². The zero-order valence-electron chi connectivity index (χ0n) is 17.2. The van der Waals surface area contributed by atoms with E-state index in [1.165, 1.54) is 12.2 Å². The highest BCUT2D eigenvalue weighted by molar-refractivity contribution is 9.11. The van der Waals surface area contributed by atoms with Gasteiger partial charge in [0.15, 0.2) is 5.78 Å². The quantitative estimate of drug-likeness (QED) is 0.325. The summed E-state index contributed by atoms with van der Waals surface area (Å²) in [6.45, 7) is 1.64. The van der Waals surface area contributed by atoms with Crippen LogP contribution in [0.3, 0.4) is 0 Å². The van der Waals surface area contributed by atoms with Crippen LogP contribution in [-0.4, -0.2) is 46.7 Å². The van der Waals surface area contributed by atoms with Crippen LogP contribution in [0.1, 0.15) is 28.8 Å². The molecular weight excluding hydrogens is 540 g/mol. The topological polar surface area (TPSA) is 95.7 Å². The number of ketones is 1. The molecule has 0 radical (unpaired) electrons. The van der Waals surface area contributed by atoms with Gasteiger partial charge in [0.25, 0.3) is 0 Å². The Bertz CT molecular complexity index is 1090. The molecule has 2 aliphatic heterocycles. The van der Waals surface area contributed by atoms with Gasteiger partial charge in [-0.05, 0) is 74.5 Å². The largest absolute Gasteiger partial charge is 0.397 e. The molecule has 1 saturated heterocycles. The summed E-state index contributed by atoms with van der Waals surface area (Å²) in [6.07, 6.45) is 3.99. The first-order valence-electron chi connectivity index (χ1n) is 10.2. The van der Waals surface area contributed by atoms with Crippen LogP contribution in [0.15, 0.2) is 57.5 Å². The monoisotopic (exact) mass is 560 g/mol. The standard InChI is InChI=1S/C23H22Br2N4O3/c24-17-11-15(12-18(25)22(17)26)20(30)5-6-21(31)28-9-7-16(8-10-28)29-13-14-3-1-2-4-19(14)27-23(29)32/h1-6,11-12,16H,7-10,13,26H2,(H,27,32)/b6-5+. The predicted molar refractivity (Wildman–Crippen MR) is 130 cm³/mol. The maximum atomic E-state index is 12.6. The van der Waals surface area contributed by atoms with E-state index in [2.05, 4.69) is 37.2 Å². The number of anilines is 2. The number of carbonyl (C=O) groups excluding carboxylic acids is 3. The molecule has 0 atom stereocenters. The molecule has 32 heavy (non-hydrogen) atoms. The van der Waals surface area contributed by atoms with Crippen LogP contribution in [0.25, 0.3) is 0 Å². The van der Waals surface area contributed by atoms with Crippen LogP contribution >= 0.6 is 31.9 Å². The lowest BCUT2D eigenvalue weighted by atomic mass is 10.0. The molecule has 0 unspecified atom stereocenters. The first kappa shape index (κ1) is 22.5. The van der Waals surface area contributed by atoms with Gasteiger partial charge in [0.05, 0.1) is 5.69 Å². The highest BCUT2D eigenvalue weighted by atomic mass is 79.9. The summed E-state index contributed by atoms with van der Waals surface area (Å²) in [5, 5.41) is 2.94. The number of allylic oxidation sites excluding steroid dienone is 1. The number of hydrogen-bond donors (Lipinski definition) is 2. The first-order valence-corrected chi connectivity index (χ1v) is 11.8. The Labute approximate surface area is 202 Å². The van der Waals surface area contributed by atoms with Crippen LogP contribution in [0.5, 0.6) is 0 Å².